The number of aromatic nitrogens is 6. The van der Waals surface area contributed by atoms with Gasteiger partial charge in [0.05, 0.1) is 35.4 Å². The van der Waals surface area contributed by atoms with Crippen molar-refractivity contribution < 1.29 is 32.9 Å². The third kappa shape index (κ3) is 5.28. The van der Waals surface area contributed by atoms with Crippen LogP contribution >= 0.6 is 34.5 Å². The summed E-state index contributed by atoms with van der Waals surface area (Å²) >= 11 is 13.3. The molecule has 4 heterocycles. The van der Waals surface area contributed by atoms with E-state index in [1.807, 2.05) is 0 Å². The van der Waals surface area contributed by atoms with Gasteiger partial charge in [-0.2, -0.15) is 18.3 Å². The van der Waals surface area contributed by atoms with Crippen LogP contribution < -0.4 is 0 Å². The van der Waals surface area contributed by atoms with Crippen LogP contribution in [0.25, 0.3) is 22.5 Å². The zero-order valence-corrected chi connectivity index (χ0v) is 22.9. The molecule has 5 rings (SSSR count). The molecular formula is C24H21Cl2F3N6O4S. The first-order valence-electron chi connectivity index (χ1n) is 11.7. The van der Waals surface area contributed by atoms with Gasteiger partial charge in [-0.3, -0.25) is 0 Å². The largest absolute Gasteiger partial charge is 0.418 e. The number of thiazole rings is 1. The van der Waals surface area contributed by atoms with Crippen molar-refractivity contribution in [1.29, 1.82) is 0 Å². The minimum absolute atomic E-state index is 0.0522. The number of hydrogen-bond acceptors (Lipinski definition) is 9. The van der Waals surface area contributed by atoms with Crippen molar-refractivity contribution in [3.05, 3.63) is 69.5 Å². The van der Waals surface area contributed by atoms with Gasteiger partial charge in [0, 0.05) is 17.5 Å². The van der Waals surface area contributed by atoms with E-state index in [-0.39, 0.29) is 27.3 Å². The monoisotopic (exact) mass is 616 g/mol. The number of aliphatic hydroxyl groups is 2. The van der Waals surface area contributed by atoms with Gasteiger partial charge < -0.3 is 19.7 Å². The summed E-state index contributed by atoms with van der Waals surface area (Å²) in [4.78, 5) is 4.17. The maximum atomic E-state index is 14.0. The quantitative estimate of drug-likeness (QED) is 0.309. The second-order valence-electron chi connectivity index (χ2n) is 8.79. The number of methoxy groups -OCH3 is 1. The Morgan fingerprint density at radius 3 is 2.67 bits per heavy atom. The van der Waals surface area contributed by atoms with E-state index in [9.17, 15) is 23.4 Å². The summed E-state index contributed by atoms with van der Waals surface area (Å²) in [6, 6.07) is 3.62. The predicted molar refractivity (Wildman–Crippen MR) is 140 cm³/mol. The van der Waals surface area contributed by atoms with Crippen LogP contribution in [0.3, 0.4) is 0 Å². The second kappa shape index (κ2) is 11.2. The number of halogens is 5. The van der Waals surface area contributed by atoms with Crippen molar-refractivity contribution in [3.8, 4) is 16.4 Å². The fraction of sp³-hybridized carbons (Fsp3) is 0.333. The molecule has 40 heavy (non-hydrogen) atoms. The van der Waals surface area contributed by atoms with E-state index in [0.29, 0.717) is 10.7 Å². The molecule has 0 amide bonds. The topological polar surface area (TPSA) is 120 Å². The third-order valence-corrected chi connectivity index (χ3v) is 7.82. The molecule has 1 fully saturated rings. The highest BCUT2D eigenvalue weighted by molar-refractivity contribution is 7.13. The van der Waals surface area contributed by atoms with Gasteiger partial charge in [0.1, 0.15) is 46.3 Å². The Bertz CT molecular complexity index is 1530. The molecule has 0 saturated carbocycles. The van der Waals surface area contributed by atoms with Gasteiger partial charge in [-0.15, -0.1) is 16.4 Å². The Balaban J connectivity index is 1.64. The summed E-state index contributed by atoms with van der Waals surface area (Å²) in [5, 5.41) is 36.2. The summed E-state index contributed by atoms with van der Waals surface area (Å²) in [5.74, 6) is 0. The lowest BCUT2D eigenvalue weighted by atomic mass is 9.90. The Morgan fingerprint density at radius 2 is 2.05 bits per heavy atom. The molecule has 4 aromatic rings. The molecule has 2 N–H and O–H groups in total. The smallest absolute Gasteiger partial charge is 0.394 e. The third-order valence-electron chi connectivity index (χ3n) is 6.40. The average molecular weight is 617 g/mol. The number of ether oxygens (including phenoxy) is 2. The Hall–Kier alpha value is -2.85. The van der Waals surface area contributed by atoms with Crippen LogP contribution in [0.2, 0.25) is 10.2 Å². The van der Waals surface area contributed by atoms with E-state index >= 15 is 0 Å². The summed E-state index contributed by atoms with van der Waals surface area (Å²) in [5.41, 5.74) is -0.589. The molecule has 5 atom stereocenters. The van der Waals surface area contributed by atoms with Crippen LogP contribution in [0.4, 0.5) is 13.2 Å². The Labute approximate surface area is 239 Å². The molecule has 1 aliphatic rings. The maximum Gasteiger partial charge on any atom is 0.418 e. The molecule has 0 radical (unpaired) electrons. The molecule has 1 aliphatic heterocycles. The molecule has 1 saturated heterocycles. The van der Waals surface area contributed by atoms with E-state index in [0.717, 1.165) is 22.9 Å². The first-order valence-corrected chi connectivity index (χ1v) is 13.3. The first-order chi connectivity index (χ1) is 19.0. The highest BCUT2D eigenvalue weighted by Crippen LogP contribution is 2.43. The van der Waals surface area contributed by atoms with Gasteiger partial charge in [-0.1, -0.05) is 35.0 Å². The minimum Gasteiger partial charge on any atom is -0.394 e. The van der Waals surface area contributed by atoms with Crippen molar-refractivity contribution >= 4 is 40.6 Å². The normalized spacial score (nSPS) is 23.4. The second-order valence-corrected chi connectivity index (χ2v) is 10.5. The highest BCUT2D eigenvalue weighted by Gasteiger charge is 2.49. The molecule has 10 nitrogen and oxygen atoms in total. The van der Waals surface area contributed by atoms with E-state index in [1.54, 1.807) is 5.38 Å². The van der Waals surface area contributed by atoms with E-state index in [1.165, 1.54) is 41.5 Å². The number of rotatable bonds is 7. The van der Waals surface area contributed by atoms with Crippen LogP contribution in [0.15, 0.2) is 42.4 Å². The molecule has 0 bridgehead atoms. The summed E-state index contributed by atoms with van der Waals surface area (Å²) in [6.45, 7) is 3.07. The molecular weight excluding hydrogens is 596 g/mol. The van der Waals surface area contributed by atoms with Crippen molar-refractivity contribution in [2.45, 2.75) is 36.6 Å². The SMILES string of the molecule is C=Cc1cc([C@@H]2OC(CO)[C@H](O)[C@H](n3cc(-c4nc(Cl)cs4)nn3)C2OC)n(-c2cc(Cl)ccc2C(F)(F)F)n1. The first kappa shape index (κ1) is 28.7. The molecule has 0 aliphatic carbocycles. The number of nitrogens with zero attached hydrogens (tertiary/aromatic N) is 6. The van der Waals surface area contributed by atoms with Crippen molar-refractivity contribution in [2.24, 2.45) is 0 Å². The van der Waals surface area contributed by atoms with Gasteiger partial charge in [-0.25, -0.2) is 14.3 Å². The van der Waals surface area contributed by atoms with Gasteiger partial charge in [-0.05, 0) is 30.3 Å². The van der Waals surface area contributed by atoms with Gasteiger partial charge in [0.25, 0.3) is 0 Å². The average Bonchev–Trinajstić information content (AvgIpc) is 3.67. The molecule has 16 heteroatoms. The fourth-order valence-electron chi connectivity index (χ4n) is 4.62. The van der Waals surface area contributed by atoms with Crippen LogP contribution in [0.1, 0.15) is 29.1 Å². The molecule has 212 valence electrons. The minimum atomic E-state index is -4.73. The van der Waals surface area contributed by atoms with Crippen LogP contribution in [-0.2, 0) is 15.7 Å². The highest BCUT2D eigenvalue weighted by atomic mass is 35.5. The Kier molecular flexibility index (Phi) is 8.03. The Morgan fingerprint density at radius 1 is 1.27 bits per heavy atom. The summed E-state index contributed by atoms with van der Waals surface area (Å²) in [7, 11) is 1.36. The lowest BCUT2D eigenvalue weighted by molar-refractivity contribution is -0.216. The van der Waals surface area contributed by atoms with Crippen LogP contribution in [0.5, 0.6) is 0 Å². The van der Waals surface area contributed by atoms with Crippen molar-refractivity contribution in [1.82, 2.24) is 29.8 Å². The number of hydrogen-bond donors (Lipinski definition) is 2. The van der Waals surface area contributed by atoms with Crippen LogP contribution in [0, 0.1) is 0 Å². The zero-order chi connectivity index (χ0) is 28.8. The molecule has 0 spiro atoms. The number of aliphatic hydroxyl groups excluding tert-OH is 2. The lowest BCUT2D eigenvalue weighted by Gasteiger charge is -2.43. The van der Waals surface area contributed by atoms with E-state index in [2.05, 4.69) is 27.0 Å². The van der Waals surface area contributed by atoms with Gasteiger partial charge in [0.15, 0.2) is 0 Å². The van der Waals surface area contributed by atoms with Crippen molar-refractivity contribution in [2.75, 3.05) is 13.7 Å². The van der Waals surface area contributed by atoms with Gasteiger partial charge in [0.2, 0.25) is 0 Å². The van der Waals surface area contributed by atoms with E-state index < -0.39 is 48.8 Å². The zero-order valence-electron chi connectivity index (χ0n) is 20.5. The molecule has 2 unspecified atom stereocenters. The standard InChI is InChI=1S/C24H21Cl2F3N6O4S/c1-3-12-7-16(35(32-12)15-6-11(25)4-5-13(15)24(27,28)29)21-22(38-2)19(20(37)17(9-36)39-21)34-8-14(31-33-34)23-30-18(26)10-40-23/h3-8,10,17,19-22,36-37H,1,9H2,2H3/t17?,19-,20-,21-,22?/m0/s1. The maximum absolute atomic E-state index is 14.0. The number of alkyl halides is 3. The van der Waals surface area contributed by atoms with Gasteiger partial charge >= 0.3 is 6.18 Å². The van der Waals surface area contributed by atoms with Crippen molar-refractivity contribution in [3.63, 3.8) is 0 Å². The molecule has 3 aromatic heterocycles. The fourth-order valence-corrected chi connectivity index (χ4v) is 5.68. The predicted octanol–water partition coefficient (Wildman–Crippen LogP) is 4.61. The summed E-state index contributed by atoms with van der Waals surface area (Å²) < 4.78 is 56.2. The lowest BCUT2D eigenvalue weighted by Crippen LogP contribution is -2.53. The summed E-state index contributed by atoms with van der Waals surface area (Å²) in [6.07, 6.45) is -6.52. The van der Waals surface area contributed by atoms with E-state index in [4.69, 9.17) is 32.7 Å². The van der Waals surface area contributed by atoms with Crippen LogP contribution in [-0.4, -0.2) is 72.0 Å². The number of benzene rings is 1. The molecule has 1 aromatic carbocycles.